The molecular weight excluding hydrogens is 494 g/mol. The normalized spacial score (nSPS) is 13.3. The lowest BCUT2D eigenvalue weighted by Gasteiger charge is -2.20. The van der Waals surface area contributed by atoms with Gasteiger partial charge in [0, 0.05) is 48.0 Å². The largest absolute Gasteiger partial charge is 0.439 e. The fraction of sp³-hybridized carbons (Fsp3) is 0.176. The van der Waals surface area contributed by atoms with E-state index in [-0.39, 0.29) is 5.41 Å². The number of para-hydroxylation sites is 3. The van der Waals surface area contributed by atoms with Crippen molar-refractivity contribution in [2.45, 2.75) is 26.2 Å². The summed E-state index contributed by atoms with van der Waals surface area (Å²) in [7, 11) is 2.11. The van der Waals surface area contributed by atoms with Gasteiger partial charge in [-0.1, -0.05) is 51.1 Å². The first-order valence-electron chi connectivity index (χ1n) is 13.6. The highest BCUT2D eigenvalue weighted by molar-refractivity contribution is 6.09. The fourth-order valence-electron chi connectivity index (χ4n) is 5.61. The number of ether oxygens (including phenoxy) is 1. The summed E-state index contributed by atoms with van der Waals surface area (Å²) in [4.78, 5) is 13.8. The number of benzene rings is 3. The third-order valence-electron chi connectivity index (χ3n) is 7.68. The lowest BCUT2D eigenvalue weighted by Crippen LogP contribution is -2.23. The summed E-state index contributed by atoms with van der Waals surface area (Å²) in [6, 6.07) is 31.5. The Balaban J connectivity index is 1.29. The number of hydrogen-bond donors (Lipinski definition) is 0. The molecular formula is C34H31N5O. The van der Waals surface area contributed by atoms with Crippen LogP contribution in [0.15, 0.2) is 103 Å². The number of anilines is 3. The second-order valence-corrected chi connectivity index (χ2v) is 11.4. The van der Waals surface area contributed by atoms with Crippen molar-refractivity contribution in [2.24, 2.45) is 0 Å². The summed E-state index contributed by atoms with van der Waals surface area (Å²) in [5, 5.41) is 2.34. The molecule has 0 saturated heterocycles. The van der Waals surface area contributed by atoms with Gasteiger partial charge < -0.3 is 14.5 Å². The number of rotatable bonds is 4. The molecule has 0 spiro atoms. The molecule has 0 saturated carbocycles. The molecule has 4 heterocycles. The SMILES string of the molecule is CN1CN(c2ccnc(Oc3ccc4c5ccccc5n(-c5cc(C(C)(C)C)ccn5)c4c3)c2)c2ccccc21. The number of pyridine rings is 2. The molecule has 0 fully saturated rings. The summed E-state index contributed by atoms with van der Waals surface area (Å²) in [5.74, 6) is 2.18. The van der Waals surface area contributed by atoms with Gasteiger partial charge in [0.25, 0.3) is 0 Å². The Labute approximate surface area is 234 Å². The van der Waals surface area contributed by atoms with Gasteiger partial charge in [-0.2, -0.15) is 0 Å². The van der Waals surface area contributed by atoms with E-state index >= 15 is 0 Å². The number of fused-ring (bicyclic) bond motifs is 4. The van der Waals surface area contributed by atoms with Gasteiger partial charge in [-0.05, 0) is 59.5 Å². The zero-order valence-electron chi connectivity index (χ0n) is 23.2. The highest BCUT2D eigenvalue weighted by atomic mass is 16.5. The smallest absolute Gasteiger partial charge is 0.221 e. The van der Waals surface area contributed by atoms with Crippen molar-refractivity contribution in [3.05, 3.63) is 109 Å². The lowest BCUT2D eigenvalue weighted by atomic mass is 9.88. The van der Waals surface area contributed by atoms with Crippen molar-refractivity contribution >= 4 is 38.9 Å². The molecule has 0 bridgehead atoms. The Morgan fingerprint density at radius 3 is 2.33 bits per heavy atom. The Morgan fingerprint density at radius 2 is 1.48 bits per heavy atom. The van der Waals surface area contributed by atoms with Gasteiger partial charge >= 0.3 is 0 Å². The molecule has 0 amide bonds. The molecule has 3 aromatic heterocycles. The molecule has 6 aromatic rings. The van der Waals surface area contributed by atoms with E-state index in [0.717, 1.165) is 40.3 Å². The van der Waals surface area contributed by atoms with E-state index in [1.165, 1.54) is 22.3 Å². The maximum absolute atomic E-state index is 6.38. The van der Waals surface area contributed by atoms with Crippen LogP contribution in [0.5, 0.6) is 11.6 Å². The van der Waals surface area contributed by atoms with E-state index in [4.69, 9.17) is 9.72 Å². The fourth-order valence-corrected chi connectivity index (χ4v) is 5.61. The minimum Gasteiger partial charge on any atom is -0.439 e. The average molecular weight is 526 g/mol. The van der Waals surface area contributed by atoms with E-state index in [0.29, 0.717) is 5.88 Å². The van der Waals surface area contributed by atoms with Crippen LogP contribution in [0.2, 0.25) is 0 Å². The molecule has 40 heavy (non-hydrogen) atoms. The van der Waals surface area contributed by atoms with Gasteiger partial charge in [-0.3, -0.25) is 4.57 Å². The van der Waals surface area contributed by atoms with E-state index in [1.807, 2.05) is 30.6 Å². The van der Waals surface area contributed by atoms with Crippen LogP contribution in [-0.4, -0.2) is 28.3 Å². The van der Waals surface area contributed by atoms with Crippen molar-refractivity contribution in [1.29, 1.82) is 0 Å². The van der Waals surface area contributed by atoms with Crippen LogP contribution in [0.3, 0.4) is 0 Å². The van der Waals surface area contributed by atoms with E-state index in [9.17, 15) is 0 Å². The maximum Gasteiger partial charge on any atom is 0.221 e. The van der Waals surface area contributed by atoms with Gasteiger partial charge in [0.2, 0.25) is 5.88 Å². The van der Waals surface area contributed by atoms with Crippen LogP contribution in [0.25, 0.3) is 27.6 Å². The van der Waals surface area contributed by atoms with Crippen molar-refractivity contribution in [1.82, 2.24) is 14.5 Å². The molecule has 6 nitrogen and oxygen atoms in total. The predicted molar refractivity (Wildman–Crippen MR) is 163 cm³/mol. The second-order valence-electron chi connectivity index (χ2n) is 11.4. The first kappa shape index (κ1) is 24.2. The topological polar surface area (TPSA) is 46.4 Å². The van der Waals surface area contributed by atoms with E-state index in [1.54, 1.807) is 0 Å². The summed E-state index contributed by atoms with van der Waals surface area (Å²) >= 11 is 0. The van der Waals surface area contributed by atoms with Crippen LogP contribution in [0.4, 0.5) is 17.1 Å². The molecule has 198 valence electrons. The second kappa shape index (κ2) is 9.12. The lowest BCUT2D eigenvalue weighted by molar-refractivity contribution is 0.463. The maximum atomic E-state index is 6.38. The number of aromatic nitrogens is 3. The highest BCUT2D eigenvalue weighted by Crippen LogP contribution is 2.41. The molecule has 0 atom stereocenters. The van der Waals surface area contributed by atoms with Crippen LogP contribution in [-0.2, 0) is 5.41 Å². The Hall–Kier alpha value is -4.84. The number of hydrogen-bond acceptors (Lipinski definition) is 5. The molecule has 0 unspecified atom stereocenters. The monoisotopic (exact) mass is 525 g/mol. The average Bonchev–Trinajstić information content (AvgIpc) is 3.47. The summed E-state index contributed by atoms with van der Waals surface area (Å²) in [6.07, 6.45) is 3.71. The standard InChI is InChI=1S/C34H31N5O/c1-34(2,3)23-15-17-35-32(19-23)39-28-10-6-5-9-26(28)27-14-13-25(21-31(27)39)40-33-20-24(16-18-36-33)38-22-37(4)29-11-7-8-12-30(29)38/h5-21H,22H2,1-4H3. The van der Waals surface area contributed by atoms with Crippen LogP contribution < -0.4 is 14.5 Å². The summed E-state index contributed by atoms with van der Waals surface area (Å²) in [6.45, 7) is 7.45. The molecule has 1 aliphatic heterocycles. The highest BCUT2D eigenvalue weighted by Gasteiger charge is 2.24. The van der Waals surface area contributed by atoms with Gasteiger partial charge in [0.1, 0.15) is 11.6 Å². The van der Waals surface area contributed by atoms with E-state index in [2.05, 4.69) is 120 Å². The zero-order chi connectivity index (χ0) is 27.4. The molecule has 0 aliphatic carbocycles. The van der Waals surface area contributed by atoms with Crippen LogP contribution in [0, 0.1) is 0 Å². The quantitative estimate of drug-likeness (QED) is 0.232. The van der Waals surface area contributed by atoms with Crippen molar-refractivity contribution < 1.29 is 4.74 Å². The predicted octanol–water partition coefficient (Wildman–Crippen LogP) is 8.21. The minimum absolute atomic E-state index is 0.0199. The third kappa shape index (κ3) is 4.04. The molecule has 6 heteroatoms. The Kier molecular flexibility index (Phi) is 5.52. The molecule has 3 aromatic carbocycles. The number of nitrogens with zero attached hydrogens (tertiary/aromatic N) is 5. The van der Waals surface area contributed by atoms with Gasteiger partial charge in [0.15, 0.2) is 0 Å². The van der Waals surface area contributed by atoms with Crippen molar-refractivity contribution in [3.63, 3.8) is 0 Å². The van der Waals surface area contributed by atoms with Gasteiger partial charge in [0.05, 0.1) is 29.1 Å². The molecule has 0 N–H and O–H groups in total. The minimum atomic E-state index is 0.0199. The summed E-state index contributed by atoms with van der Waals surface area (Å²) < 4.78 is 8.61. The van der Waals surface area contributed by atoms with Crippen LogP contribution in [0.1, 0.15) is 26.3 Å². The summed E-state index contributed by atoms with van der Waals surface area (Å²) in [5.41, 5.74) is 6.86. The third-order valence-corrected chi connectivity index (χ3v) is 7.68. The Bertz CT molecular complexity index is 1880. The zero-order valence-corrected chi connectivity index (χ0v) is 23.2. The molecule has 0 radical (unpaired) electrons. The van der Waals surface area contributed by atoms with Crippen LogP contribution >= 0.6 is 0 Å². The Morgan fingerprint density at radius 1 is 0.725 bits per heavy atom. The van der Waals surface area contributed by atoms with Crippen molar-refractivity contribution in [3.8, 4) is 17.4 Å². The van der Waals surface area contributed by atoms with Gasteiger partial charge in [-0.15, -0.1) is 0 Å². The van der Waals surface area contributed by atoms with Crippen molar-refractivity contribution in [2.75, 3.05) is 23.5 Å². The van der Waals surface area contributed by atoms with E-state index < -0.39 is 0 Å². The first-order chi connectivity index (χ1) is 19.4. The molecule has 1 aliphatic rings. The van der Waals surface area contributed by atoms with Gasteiger partial charge in [-0.25, -0.2) is 9.97 Å². The molecule has 7 rings (SSSR count). The first-order valence-corrected chi connectivity index (χ1v) is 13.6.